The Bertz CT molecular complexity index is 615. The van der Waals surface area contributed by atoms with E-state index in [1.165, 1.54) is 14.2 Å². The summed E-state index contributed by atoms with van der Waals surface area (Å²) in [5, 5.41) is 0. The zero-order chi connectivity index (χ0) is 18.0. The van der Waals surface area contributed by atoms with Gasteiger partial charge in [0.05, 0.1) is 26.3 Å². The lowest BCUT2D eigenvalue weighted by Gasteiger charge is -2.42. The smallest absolute Gasteiger partial charge is 0.354 e. The maximum absolute atomic E-state index is 12.0. The first-order chi connectivity index (χ1) is 11.3. The predicted octanol–water partition coefficient (Wildman–Crippen LogP) is 1.62. The normalized spacial score (nSPS) is 23.8. The van der Waals surface area contributed by atoms with Crippen LogP contribution < -0.4 is 0 Å². The fourth-order valence-corrected chi connectivity index (χ4v) is 3.09. The Morgan fingerprint density at radius 1 is 0.833 bits per heavy atom. The molecule has 0 N–H and O–H groups in total. The van der Waals surface area contributed by atoms with Gasteiger partial charge in [0.1, 0.15) is 11.4 Å². The molecule has 0 fully saturated rings. The summed E-state index contributed by atoms with van der Waals surface area (Å²) in [4.78, 5) is 27.8. The van der Waals surface area contributed by atoms with E-state index >= 15 is 0 Å². The molecule has 6 nitrogen and oxygen atoms in total. The second-order valence-electron chi connectivity index (χ2n) is 6.07. The number of esters is 2. The van der Waals surface area contributed by atoms with Crippen LogP contribution >= 0.6 is 0 Å². The number of hydrogen-bond acceptors (Lipinski definition) is 6. The van der Waals surface area contributed by atoms with Crippen LogP contribution in [0.2, 0.25) is 0 Å². The van der Waals surface area contributed by atoms with Crippen molar-refractivity contribution in [2.24, 2.45) is 0 Å². The molecular weight excluding hydrogens is 308 g/mol. The number of hydrogen-bond donors (Lipinski definition) is 0. The molecule has 2 aliphatic heterocycles. The van der Waals surface area contributed by atoms with Crippen LogP contribution in [-0.4, -0.2) is 62.1 Å². The molecule has 2 aliphatic rings. The van der Waals surface area contributed by atoms with Crippen molar-refractivity contribution in [1.29, 1.82) is 0 Å². The monoisotopic (exact) mass is 332 g/mol. The highest BCUT2D eigenvalue weighted by Crippen LogP contribution is 2.29. The fraction of sp³-hybridized carbons (Fsp3) is 0.444. The zero-order valence-corrected chi connectivity index (χ0v) is 15.0. The van der Waals surface area contributed by atoms with Crippen LogP contribution in [0.4, 0.5) is 0 Å². The van der Waals surface area contributed by atoms with E-state index in [-0.39, 0.29) is 24.0 Å². The molecule has 2 unspecified atom stereocenters. The van der Waals surface area contributed by atoms with E-state index in [1.807, 2.05) is 37.7 Å². The Kier molecular flexibility index (Phi) is 5.17. The predicted molar refractivity (Wildman–Crippen MR) is 90.8 cm³/mol. The molecule has 0 aromatic heterocycles. The van der Waals surface area contributed by atoms with Crippen molar-refractivity contribution >= 4 is 11.9 Å². The summed E-state index contributed by atoms with van der Waals surface area (Å²) in [6.07, 6.45) is 7.77. The summed E-state index contributed by atoms with van der Waals surface area (Å²) in [6, 6.07) is -0.227. The van der Waals surface area contributed by atoms with E-state index in [4.69, 9.17) is 9.47 Å². The lowest BCUT2D eigenvalue weighted by Crippen LogP contribution is -2.50. The van der Waals surface area contributed by atoms with Crippen molar-refractivity contribution in [3.05, 3.63) is 46.8 Å². The molecule has 0 bridgehead atoms. The maximum Gasteiger partial charge on any atom is 0.354 e. The summed E-state index contributed by atoms with van der Waals surface area (Å²) >= 11 is 0. The molecule has 0 saturated heterocycles. The fourth-order valence-electron chi connectivity index (χ4n) is 3.09. The van der Waals surface area contributed by atoms with E-state index in [0.717, 1.165) is 11.1 Å². The van der Waals surface area contributed by atoms with Gasteiger partial charge in [0.25, 0.3) is 0 Å². The molecule has 0 amide bonds. The minimum absolute atomic E-state index is 0.114. The molecule has 2 rings (SSSR count). The molecule has 130 valence electrons. The van der Waals surface area contributed by atoms with Gasteiger partial charge < -0.3 is 19.3 Å². The Morgan fingerprint density at radius 3 is 1.46 bits per heavy atom. The number of nitrogens with zero attached hydrogens (tertiary/aromatic N) is 2. The van der Waals surface area contributed by atoms with E-state index in [1.54, 1.807) is 12.2 Å². The summed E-state index contributed by atoms with van der Waals surface area (Å²) in [5.41, 5.74) is 2.95. The van der Waals surface area contributed by atoms with Gasteiger partial charge in [-0.3, -0.25) is 0 Å². The Morgan fingerprint density at radius 2 is 1.17 bits per heavy atom. The van der Waals surface area contributed by atoms with Gasteiger partial charge in [0.15, 0.2) is 0 Å². The highest BCUT2D eigenvalue weighted by atomic mass is 16.5. The minimum atomic E-state index is -0.377. The van der Waals surface area contributed by atoms with Crippen LogP contribution in [0, 0.1) is 0 Å². The van der Waals surface area contributed by atoms with Crippen molar-refractivity contribution in [1.82, 2.24) is 9.80 Å². The molecule has 2 heterocycles. The molecule has 0 spiro atoms. The molecule has 0 saturated carbocycles. The lowest BCUT2D eigenvalue weighted by atomic mass is 9.93. The third-order valence-corrected chi connectivity index (χ3v) is 4.39. The number of carbonyl (C=O) groups is 2. The Labute approximate surface area is 142 Å². The highest BCUT2D eigenvalue weighted by Gasteiger charge is 2.35. The highest BCUT2D eigenvalue weighted by molar-refractivity contribution is 5.89. The second kappa shape index (κ2) is 6.95. The summed E-state index contributed by atoms with van der Waals surface area (Å²) in [7, 11) is 6.44. The summed E-state index contributed by atoms with van der Waals surface area (Å²) in [5.74, 6) is -0.754. The third kappa shape index (κ3) is 3.22. The van der Waals surface area contributed by atoms with Crippen molar-refractivity contribution in [2.75, 3.05) is 28.3 Å². The average molecular weight is 332 g/mol. The first-order valence-corrected chi connectivity index (χ1v) is 7.72. The number of likely N-dealkylation sites (N-methyl/N-ethyl adjacent to an activating group) is 2. The van der Waals surface area contributed by atoms with Gasteiger partial charge in [-0.2, -0.15) is 0 Å². The molecule has 2 atom stereocenters. The van der Waals surface area contributed by atoms with Crippen LogP contribution in [0.1, 0.15) is 13.8 Å². The first-order valence-electron chi connectivity index (χ1n) is 7.72. The molecule has 0 aromatic carbocycles. The number of methoxy groups -OCH3 is 2. The van der Waals surface area contributed by atoms with Gasteiger partial charge in [-0.05, 0) is 26.0 Å². The number of ether oxygens (including phenoxy) is 2. The molecule has 0 radical (unpaired) electrons. The van der Waals surface area contributed by atoms with Crippen molar-refractivity contribution in [3.8, 4) is 0 Å². The summed E-state index contributed by atoms with van der Waals surface area (Å²) in [6.45, 7) is 3.89. The van der Waals surface area contributed by atoms with Crippen LogP contribution in [0.25, 0.3) is 0 Å². The summed E-state index contributed by atoms with van der Waals surface area (Å²) < 4.78 is 9.76. The maximum atomic E-state index is 12.0. The standard InChI is InChI=1S/C18H24N2O4/c1-11-7-13(19(3)15(9-11)17(21)23-5)14-8-12(2)10-16(20(14)4)18(22)24-6/h7-10,13-14H,1-6H3. The van der Waals surface area contributed by atoms with Crippen molar-refractivity contribution in [3.63, 3.8) is 0 Å². The molecule has 24 heavy (non-hydrogen) atoms. The number of carbonyl (C=O) groups excluding carboxylic acids is 2. The zero-order valence-electron chi connectivity index (χ0n) is 15.0. The van der Waals surface area contributed by atoms with Gasteiger partial charge in [0, 0.05) is 14.1 Å². The first kappa shape index (κ1) is 17.8. The third-order valence-electron chi connectivity index (χ3n) is 4.39. The number of rotatable bonds is 3. The van der Waals surface area contributed by atoms with Crippen LogP contribution in [0.5, 0.6) is 0 Å². The van der Waals surface area contributed by atoms with Gasteiger partial charge >= 0.3 is 11.9 Å². The molecule has 0 aliphatic carbocycles. The SMILES string of the molecule is COC(=O)C1=CC(C)=CC(C2C=C(C)C=C(C(=O)OC)N2C)N1C. The van der Waals surface area contributed by atoms with Crippen LogP contribution in [-0.2, 0) is 19.1 Å². The topological polar surface area (TPSA) is 59.1 Å². The van der Waals surface area contributed by atoms with Gasteiger partial charge in [-0.25, -0.2) is 9.59 Å². The van der Waals surface area contributed by atoms with Gasteiger partial charge in [-0.15, -0.1) is 0 Å². The number of allylic oxidation sites excluding steroid dienone is 4. The van der Waals surface area contributed by atoms with E-state index < -0.39 is 0 Å². The van der Waals surface area contributed by atoms with Crippen molar-refractivity contribution < 1.29 is 19.1 Å². The van der Waals surface area contributed by atoms with Crippen molar-refractivity contribution in [2.45, 2.75) is 25.9 Å². The van der Waals surface area contributed by atoms with Crippen LogP contribution in [0.3, 0.4) is 0 Å². The molecule has 6 heteroatoms. The molecule has 0 aromatic rings. The lowest BCUT2D eigenvalue weighted by molar-refractivity contribution is -0.139. The van der Waals surface area contributed by atoms with E-state index in [2.05, 4.69) is 12.2 Å². The Balaban J connectivity index is 2.38. The van der Waals surface area contributed by atoms with E-state index in [9.17, 15) is 9.59 Å². The average Bonchev–Trinajstić information content (AvgIpc) is 2.56. The second-order valence-corrected chi connectivity index (χ2v) is 6.07. The Hall–Kier alpha value is -2.50. The minimum Gasteiger partial charge on any atom is -0.464 e. The van der Waals surface area contributed by atoms with Gasteiger partial charge in [-0.1, -0.05) is 23.3 Å². The van der Waals surface area contributed by atoms with Crippen LogP contribution in [0.15, 0.2) is 46.8 Å². The van der Waals surface area contributed by atoms with Gasteiger partial charge in [0.2, 0.25) is 0 Å². The molecular formula is C18H24N2O4. The quantitative estimate of drug-likeness (QED) is 0.732. The largest absolute Gasteiger partial charge is 0.464 e. The van der Waals surface area contributed by atoms with E-state index in [0.29, 0.717) is 11.4 Å².